The van der Waals surface area contributed by atoms with Gasteiger partial charge in [-0.25, -0.2) is 0 Å². The summed E-state index contributed by atoms with van der Waals surface area (Å²) in [7, 11) is 0. The van der Waals surface area contributed by atoms with E-state index >= 15 is 0 Å². The Bertz CT molecular complexity index is 590. The van der Waals surface area contributed by atoms with E-state index in [1.165, 1.54) is 96.6 Å². The third-order valence-electron chi connectivity index (χ3n) is 9.24. The molecule has 0 saturated carbocycles. The van der Waals surface area contributed by atoms with Crippen LogP contribution < -0.4 is 0 Å². The van der Waals surface area contributed by atoms with Crippen molar-refractivity contribution in [3.05, 3.63) is 0 Å². The van der Waals surface area contributed by atoms with Crippen LogP contribution in [0.25, 0.3) is 0 Å². The Morgan fingerprint density at radius 2 is 1.07 bits per heavy atom. The Morgan fingerprint density at radius 1 is 0.591 bits per heavy atom. The van der Waals surface area contributed by atoms with E-state index in [0.717, 1.165) is 77.2 Å². The van der Waals surface area contributed by atoms with Crippen LogP contribution in [0.4, 0.5) is 0 Å². The van der Waals surface area contributed by atoms with Gasteiger partial charge in [0.05, 0.1) is 12.5 Å². The first kappa shape index (κ1) is 43.3. The fourth-order valence-corrected chi connectivity index (χ4v) is 6.01. The molecule has 0 aliphatic carbocycles. The van der Waals surface area contributed by atoms with Gasteiger partial charge in [-0.05, 0) is 83.8 Å². The molecule has 0 spiro atoms. The summed E-state index contributed by atoms with van der Waals surface area (Å²) >= 11 is 0. The number of carbonyl (C=O) groups excluding carboxylic acids is 1. The molecule has 264 valence electrons. The first-order valence-electron chi connectivity index (χ1n) is 19.3. The van der Waals surface area contributed by atoms with Gasteiger partial charge in [-0.1, -0.05) is 118 Å². The van der Waals surface area contributed by atoms with Crippen LogP contribution in [0.3, 0.4) is 0 Å². The molecule has 0 aliphatic rings. The molecule has 0 bridgehead atoms. The van der Waals surface area contributed by atoms with Crippen molar-refractivity contribution < 1.29 is 24.5 Å². The van der Waals surface area contributed by atoms with Gasteiger partial charge in [0.2, 0.25) is 0 Å². The van der Waals surface area contributed by atoms with Gasteiger partial charge in [0.1, 0.15) is 0 Å². The standard InChI is InChI=1S/C38H77NO5/c1-5-9-27-35(7-3)37(41)43-33-25-19-15-11-13-17-21-29-39(31-23-24-32-40)30-22-18-14-12-16-20-26-34-44-38(42)36(8-4)28-10-6-2/h35-37,40-41H,5-34H2,1-4H3. The highest BCUT2D eigenvalue weighted by Gasteiger charge is 2.18. The van der Waals surface area contributed by atoms with Gasteiger partial charge in [0.15, 0.2) is 6.29 Å². The van der Waals surface area contributed by atoms with Crippen molar-refractivity contribution in [3.63, 3.8) is 0 Å². The van der Waals surface area contributed by atoms with Gasteiger partial charge in [0, 0.05) is 19.1 Å². The van der Waals surface area contributed by atoms with E-state index in [4.69, 9.17) is 9.47 Å². The molecule has 2 N–H and O–H groups in total. The summed E-state index contributed by atoms with van der Waals surface area (Å²) in [5.74, 6) is 0.392. The molecule has 0 aliphatic heterocycles. The summed E-state index contributed by atoms with van der Waals surface area (Å²) in [5, 5.41) is 19.5. The van der Waals surface area contributed by atoms with E-state index in [-0.39, 0.29) is 17.8 Å². The minimum Gasteiger partial charge on any atom is -0.465 e. The SMILES string of the molecule is CCCCC(CC)C(=O)OCCCCCCCCCN(CCCCO)CCCCCCCCCOC(O)C(CC)CCCC. The van der Waals surface area contributed by atoms with E-state index in [1.807, 2.05) is 0 Å². The number of carbonyl (C=O) groups is 1. The number of esters is 1. The third-order valence-corrected chi connectivity index (χ3v) is 9.24. The number of aliphatic hydroxyl groups excluding tert-OH is 2. The number of aliphatic hydroxyl groups is 2. The molecular weight excluding hydrogens is 550 g/mol. The summed E-state index contributed by atoms with van der Waals surface area (Å²) < 4.78 is 11.3. The molecule has 3 atom stereocenters. The second-order valence-corrected chi connectivity index (χ2v) is 13.2. The zero-order valence-electron chi connectivity index (χ0n) is 30.0. The van der Waals surface area contributed by atoms with Crippen molar-refractivity contribution >= 4 is 5.97 Å². The van der Waals surface area contributed by atoms with Crippen LogP contribution in [0.5, 0.6) is 0 Å². The van der Waals surface area contributed by atoms with Crippen LogP contribution in [0, 0.1) is 11.8 Å². The van der Waals surface area contributed by atoms with Crippen LogP contribution in [0.15, 0.2) is 0 Å². The molecule has 0 fully saturated rings. The van der Waals surface area contributed by atoms with E-state index in [2.05, 4.69) is 32.6 Å². The highest BCUT2D eigenvalue weighted by atomic mass is 16.6. The monoisotopic (exact) mass is 628 g/mol. The van der Waals surface area contributed by atoms with Crippen LogP contribution in [-0.4, -0.2) is 66.8 Å². The lowest BCUT2D eigenvalue weighted by atomic mass is 9.99. The minimum atomic E-state index is -0.588. The number of hydrogen-bond acceptors (Lipinski definition) is 6. The van der Waals surface area contributed by atoms with Crippen molar-refractivity contribution in [2.24, 2.45) is 11.8 Å². The van der Waals surface area contributed by atoms with Crippen molar-refractivity contribution in [3.8, 4) is 0 Å². The number of unbranched alkanes of at least 4 members (excludes halogenated alkanes) is 15. The Balaban J connectivity index is 3.82. The van der Waals surface area contributed by atoms with Crippen molar-refractivity contribution in [2.75, 3.05) is 39.5 Å². The number of nitrogens with zero attached hydrogens (tertiary/aromatic N) is 1. The third kappa shape index (κ3) is 26.5. The van der Waals surface area contributed by atoms with Gasteiger partial charge in [-0.3, -0.25) is 4.79 Å². The fraction of sp³-hybridized carbons (Fsp3) is 0.974. The molecule has 0 amide bonds. The van der Waals surface area contributed by atoms with Crippen LogP contribution in [0.2, 0.25) is 0 Å². The predicted molar refractivity (Wildman–Crippen MR) is 187 cm³/mol. The highest BCUT2D eigenvalue weighted by molar-refractivity contribution is 5.72. The maximum Gasteiger partial charge on any atom is 0.308 e. The first-order valence-corrected chi connectivity index (χ1v) is 19.3. The van der Waals surface area contributed by atoms with E-state index in [9.17, 15) is 15.0 Å². The van der Waals surface area contributed by atoms with Gasteiger partial charge in [-0.15, -0.1) is 0 Å². The summed E-state index contributed by atoms with van der Waals surface area (Å²) in [4.78, 5) is 14.8. The largest absolute Gasteiger partial charge is 0.465 e. The lowest BCUT2D eigenvalue weighted by molar-refractivity contribution is -0.149. The van der Waals surface area contributed by atoms with Crippen molar-refractivity contribution in [1.29, 1.82) is 0 Å². The molecule has 0 rings (SSSR count). The number of hydrogen-bond donors (Lipinski definition) is 2. The molecular formula is C38H77NO5. The van der Waals surface area contributed by atoms with E-state index in [1.54, 1.807) is 0 Å². The molecule has 3 unspecified atom stereocenters. The van der Waals surface area contributed by atoms with Crippen LogP contribution in [-0.2, 0) is 14.3 Å². The fourth-order valence-electron chi connectivity index (χ4n) is 6.01. The van der Waals surface area contributed by atoms with Crippen LogP contribution in [0.1, 0.15) is 182 Å². The topological polar surface area (TPSA) is 79.2 Å². The van der Waals surface area contributed by atoms with Gasteiger partial charge in [-0.2, -0.15) is 0 Å². The van der Waals surface area contributed by atoms with Gasteiger partial charge in [0.25, 0.3) is 0 Å². The van der Waals surface area contributed by atoms with E-state index in [0.29, 0.717) is 19.8 Å². The van der Waals surface area contributed by atoms with Gasteiger partial charge >= 0.3 is 5.97 Å². The normalized spacial score (nSPS) is 13.8. The minimum absolute atomic E-state index is 0.0152. The number of rotatable bonds is 35. The molecule has 0 heterocycles. The first-order chi connectivity index (χ1) is 21.5. The highest BCUT2D eigenvalue weighted by Crippen LogP contribution is 2.19. The molecule has 6 heteroatoms. The van der Waals surface area contributed by atoms with Gasteiger partial charge < -0.3 is 24.6 Å². The Labute approximate surface area is 274 Å². The molecule has 0 aromatic carbocycles. The Kier molecular flexibility index (Phi) is 33.1. The second kappa shape index (κ2) is 33.7. The summed E-state index contributed by atoms with van der Waals surface area (Å²) in [5.41, 5.74) is 0. The van der Waals surface area contributed by atoms with Crippen LogP contribution >= 0.6 is 0 Å². The predicted octanol–water partition coefficient (Wildman–Crippen LogP) is 9.83. The average molecular weight is 628 g/mol. The molecule has 6 nitrogen and oxygen atoms in total. The molecule has 44 heavy (non-hydrogen) atoms. The summed E-state index contributed by atoms with van der Waals surface area (Å²) in [6.07, 6.45) is 27.1. The second-order valence-electron chi connectivity index (χ2n) is 13.2. The lowest BCUT2D eigenvalue weighted by Gasteiger charge is -2.22. The zero-order chi connectivity index (χ0) is 32.5. The maximum absolute atomic E-state index is 12.2. The summed E-state index contributed by atoms with van der Waals surface area (Å²) in [6, 6.07) is 0. The Hall–Kier alpha value is -0.690. The summed E-state index contributed by atoms with van der Waals surface area (Å²) in [6.45, 7) is 13.6. The van der Waals surface area contributed by atoms with Crippen molar-refractivity contribution in [1.82, 2.24) is 4.90 Å². The van der Waals surface area contributed by atoms with E-state index < -0.39 is 6.29 Å². The van der Waals surface area contributed by atoms with Crippen molar-refractivity contribution in [2.45, 2.75) is 188 Å². The molecule has 0 saturated heterocycles. The maximum atomic E-state index is 12.2. The number of ether oxygens (including phenoxy) is 2. The molecule has 0 aromatic heterocycles. The zero-order valence-corrected chi connectivity index (χ0v) is 30.0. The molecule has 0 radical (unpaired) electrons. The Morgan fingerprint density at radius 3 is 1.57 bits per heavy atom. The smallest absolute Gasteiger partial charge is 0.308 e. The average Bonchev–Trinajstić information content (AvgIpc) is 3.03. The molecule has 0 aromatic rings. The quantitative estimate of drug-likeness (QED) is 0.0414. The lowest BCUT2D eigenvalue weighted by Crippen LogP contribution is -2.27.